The maximum Gasteiger partial charge on any atom is 0.233 e. The van der Waals surface area contributed by atoms with Gasteiger partial charge in [0.25, 0.3) is 0 Å². The molecule has 3 nitrogen and oxygen atoms in total. The van der Waals surface area contributed by atoms with Gasteiger partial charge in [-0.3, -0.25) is 4.79 Å². The number of carbonyl (C=O) groups excluding carboxylic acids is 1. The molecular weight excluding hydrogens is 282 g/mol. The molecule has 1 atom stereocenters. The second-order valence-corrected chi connectivity index (χ2v) is 7.66. The topological polar surface area (TPSA) is 38.3 Å². The summed E-state index contributed by atoms with van der Waals surface area (Å²) in [5.74, 6) is 0.0533. The van der Waals surface area contributed by atoms with Crippen LogP contribution in [0.1, 0.15) is 38.8 Å². The molecule has 1 aromatic carbocycles. The molecule has 1 rings (SSSR count). The minimum atomic E-state index is -0.115. The van der Waals surface area contributed by atoms with Crippen molar-refractivity contribution in [3.05, 3.63) is 29.3 Å². The van der Waals surface area contributed by atoms with Gasteiger partial charge in [0, 0.05) is 18.6 Å². The van der Waals surface area contributed by atoms with Crippen LogP contribution < -0.4 is 5.32 Å². The average Bonchev–Trinajstić information content (AvgIpc) is 2.40. The fraction of sp³-hybridized carbons (Fsp3) is 0.588. The van der Waals surface area contributed by atoms with Gasteiger partial charge in [0.15, 0.2) is 0 Å². The quantitative estimate of drug-likeness (QED) is 0.645. The highest BCUT2D eigenvalue weighted by Gasteiger charge is 2.18. The van der Waals surface area contributed by atoms with Crippen molar-refractivity contribution in [2.24, 2.45) is 0 Å². The maximum atomic E-state index is 12.0. The number of hydrogen-bond acceptors (Lipinski definition) is 3. The van der Waals surface area contributed by atoms with Crippen molar-refractivity contribution in [1.82, 2.24) is 5.32 Å². The molecule has 0 saturated carbocycles. The minimum absolute atomic E-state index is 0.0533. The Morgan fingerprint density at radius 2 is 2.05 bits per heavy atom. The second kappa shape index (κ2) is 7.85. The number of ether oxygens (including phenoxy) is 1. The third-order valence-corrected chi connectivity index (χ3v) is 4.59. The SMILES string of the molecule is COCCNC(=O)[C@H](C)Sc1cc(C(C)(C)C)ccc1C. The highest BCUT2D eigenvalue weighted by Crippen LogP contribution is 2.31. The number of amides is 1. The van der Waals surface area contributed by atoms with Crippen LogP contribution in [0.2, 0.25) is 0 Å². The highest BCUT2D eigenvalue weighted by atomic mass is 32.2. The minimum Gasteiger partial charge on any atom is -0.383 e. The Balaban J connectivity index is 2.75. The number of carbonyl (C=O) groups is 1. The summed E-state index contributed by atoms with van der Waals surface area (Å²) in [6.07, 6.45) is 0. The van der Waals surface area contributed by atoms with Crippen molar-refractivity contribution < 1.29 is 9.53 Å². The Hall–Kier alpha value is -1.00. The number of thioether (sulfide) groups is 1. The van der Waals surface area contributed by atoms with Gasteiger partial charge in [-0.25, -0.2) is 0 Å². The van der Waals surface area contributed by atoms with E-state index in [9.17, 15) is 4.79 Å². The largest absolute Gasteiger partial charge is 0.383 e. The van der Waals surface area contributed by atoms with Crippen molar-refractivity contribution in [2.75, 3.05) is 20.3 Å². The Morgan fingerprint density at radius 3 is 2.62 bits per heavy atom. The van der Waals surface area contributed by atoms with Gasteiger partial charge in [-0.05, 0) is 36.5 Å². The zero-order chi connectivity index (χ0) is 16.0. The molecule has 0 spiro atoms. The number of hydrogen-bond donors (Lipinski definition) is 1. The van der Waals surface area contributed by atoms with Gasteiger partial charge in [-0.2, -0.15) is 0 Å². The fourth-order valence-electron chi connectivity index (χ4n) is 1.86. The predicted molar refractivity (Wildman–Crippen MR) is 90.1 cm³/mol. The third-order valence-electron chi connectivity index (χ3n) is 3.33. The van der Waals surface area contributed by atoms with Gasteiger partial charge < -0.3 is 10.1 Å². The molecule has 4 heteroatoms. The Bertz CT molecular complexity index is 480. The van der Waals surface area contributed by atoms with Crippen LogP contribution in [0, 0.1) is 6.92 Å². The maximum absolute atomic E-state index is 12.0. The van der Waals surface area contributed by atoms with E-state index in [0.717, 1.165) is 0 Å². The summed E-state index contributed by atoms with van der Waals surface area (Å²) in [7, 11) is 1.63. The molecule has 0 aliphatic rings. The van der Waals surface area contributed by atoms with Crippen LogP contribution in [-0.2, 0) is 14.9 Å². The van der Waals surface area contributed by atoms with E-state index < -0.39 is 0 Å². The Kier molecular flexibility index (Phi) is 6.75. The van der Waals surface area contributed by atoms with E-state index in [0.29, 0.717) is 13.2 Å². The highest BCUT2D eigenvalue weighted by molar-refractivity contribution is 8.00. The summed E-state index contributed by atoms with van der Waals surface area (Å²) < 4.78 is 4.94. The summed E-state index contributed by atoms with van der Waals surface area (Å²) in [5.41, 5.74) is 2.62. The molecule has 1 N–H and O–H groups in total. The van der Waals surface area contributed by atoms with Gasteiger partial charge in [0.1, 0.15) is 0 Å². The molecule has 0 radical (unpaired) electrons. The van der Waals surface area contributed by atoms with Gasteiger partial charge in [0.05, 0.1) is 11.9 Å². The molecule has 118 valence electrons. The first-order valence-electron chi connectivity index (χ1n) is 7.30. The van der Waals surface area contributed by atoms with Crippen molar-refractivity contribution in [1.29, 1.82) is 0 Å². The lowest BCUT2D eigenvalue weighted by atomic mass is 9.87. The van der Waals surface area contributed by atoms with E-state index >= 15 is 0 Å². The van der Waals surface area contributed by atoms with Crippen molar-refractivity contribution in [2.45, 2.75) is 50.2 Å². The van der Waals surface area contributed by atoms with Crippen molar-refractivity contribution in [3.8, 4) is 0 Å². The molecule has 0 fully saturated rings. The first-order chi connectivity index (χ1) is 9.75. The lowest BCUT2D eigenvalue weighted by molar-refractivity contribution is -0.120. The Morgan fingerprint density at radius 1 is 1.38 bits per heavy atom. The van der Waals surface area contributed by atoms with Gasteiger partial charge in [-0.15, -0.1) is 11.8 Å². The van der Waals surface area contributed by atoms with Crippen molar-refractivity contribution >= 4 is 17.7 Å². The molecule has 0 aliphatic carbocycles. The number of nitrogens with one attached hydrogen (secondary N) is 1. The first-order valence-corrected chi connectivity index (χ1v) is 8.18. The average molecular weight is 309 g/mol. The van der Waals surface area contributed by atoms with Gasteiger partial charge in [-0.1, -0.05) is 32.9 Å². The van der Waals surface area contributed by atoms with Crippen LogP contribution in [0.25, 0.3) is 0 Å². The zero-order valence-corrected chi connectivity index (χ0v) is 14.8. The molecule has 0 bridgehead atoms. The summed E-state index contributed by atoms with van der Waals surface area (Å²) >= 11 is 1.61. The van der Waals surface area contributed by atoms with Gasteiger partial charge in [0.2, 0.25) is 5.91 Å². The number of methoxy groups -OCH3 is 1. The molecular formula is C17H27NO2S. The standard InChI is InChI=1S/C17H27NO2S/c1-12-7-8-14(17(3,4)5)11-15(12)21-13(2)16(19)18-9-10-20-6/h7-8,11,13H,9-10H2,1-6H3,(H,18,19)/t13-/m0/s1. The zero-order valence-electron chi connectivity index (χ0n) is 13.9. The van der Waals surface area contributed by atoms with Crippen molar-refractivity contribution in [3.63, 3.8) is 0 Å². The lowest BCUT2D eigenvalue weighted by Crippen LogP contribution is -2.33. The number of benzene rings is 1. The second-order valence-electron chi connectivity index (χ2n) is 6.27. The van der Waals surface area contributed by atoms with Crippen LogP contribution in [0.4, 0.5) is 0 Å². The summed E-state index contributed by atoms with van der Waals surface area (Å²) in [5, 5.41) is 2.77. The van der Waals surface area contributed by atoms with Crippen LogP contribution >= 0.6 is 11.8 Å². The predicted octanol–water partition coefficient (Wildman–Crippen LogP) is 3.54. The van der Waals surface area contributed by atoms with Crippen LogP contribution in [-0.4, -0.2) is 31.4 Å². The molecule has 1 aromatic rings. The monoisotopic (exact) mass is 309 g/mol. The third kappa shape index (κ3) is 5.71. The van der Waals surface area contributed by atoms with Crippen LogP contribution in [0.3, 0.4) is 0 Å². The number of rotatable bonds is 6. The fourth-order valence-corrected chi connectivity index (χ4v) is 2.88. The molecule has 0 aromatic heterocycles. The van der Waals surface area contributed by atoms with E-state index in [1.807, 2.05) is 6.92 Å². The first kappa shape index (κ1) is 18.1. The van der Waals surface area contributed by atoms with Crippen LogP contribution in [0.5, 0.6) is 0 Å². The Labute approximate surface area is 132 Å². The lowest BCUT2D eigenvalue weighted by Gasteiger charge is -2.21. The van der Waals surface area contributed by atoms with E-state index in [2.05, 4.69) is 51.2 Å². The van der Waals surface area contributed by atoms with E-state index in [-0.39, 0.29) is 16.6 Å². The van der Waals surface area contributed by atoms with Gasteiger partial charge >= 0.3 is 0 Å². The molecule has 0 unspecified atom stereocenters. The smallest absolute Gasteiger partial charge is 0.233 e. The summed E-state index contributed by atoms with van der Waals surface area (Å²) in [4.78, 5) is 13.2. The number of aryl methyl sites for hydroxylation is 1. The molecule has 21 heavy (non-hydrogen) atoms. The van der Waals surface area contributed by atoms with E-state index in [1.165, 1.54) is 16.0 Å². The summed E-state index contributed by atoms with van der Waals surface area (Å²) in [6.45, 7) is 11.7. The molecule has 0 heterocycles. The normalized spacial score (nSPS) is 13.0. The molecule has 0 saturated heterocycles. The van der Waals surface area contributed by atoms with E-state index in [1.54, 1.807) is 18.9 Å². The van der Waals surface area contributed by atoms with E-state index in [4.69, 9.17) is 4.74 Å². The molecule has 0 aliphatic heterocycles. The van der Waals surface area contributed by atoms with Crippen LogP contribution in [0.15, 0.2) is 23.1 Å². The summed E-state index contributed by atoms with van der Waals surface area (Å²) in [6, 6.07) is 6.51. The molecule has 1 amide bonds.